The minimum atomic E-state index is -0.259. The number of nitrogens with zero attached hydrogens (tertiary/aromatic N) is 1. The molecule has 3 rings (SSSR count). The molecule has 0 radical (unpaired) electrons. The molecule has 0 saturated heterocycles. The summed E-state index contributed by atoms with van der Waals surface area (Å²) in [6.07, 6.45) is 3.17. The first-order valence-electron chi connectivity index (χ1n) is 9.95. The number of amides is 1. The number of aryl methyl sites for hydroxylation is 2. The van der Waals surface area contributed by atoms with Crippen LogP contribution in [0.15, 0.2) is 53.1 Å². The van der Waals surface area contributed by atoms with Crippen molar-refractivity contribution in [3.05, 3.63) is 71.1 Å². The lowest BCUT2D eigenvalue weighted by molar-refractivity contribution is -0.111. The third-order valence-corrected chi connectivity index (χ3v) is 4.61. The number of methoxy groups -OCH3 is 1. The first-order chi connectivity index (χ1) is 15.0. The minimum absolute atomic E-state index is 0.259. The molecule has 0 aliphatic carbocycles. The van der Waals surface area contributed by atoms with Gasteiger partial charge in [0, 0.05) is 6.08 Å². The zero-order valence-corrected chi connectivity index (χ0v) is 18.1. The second kappa shape index (κ2) is 10.3. The van der Waals surface area contributed by atoms with E-state index in [-0.39, 0.29) is 5.91 Å². The summed E-state index contributed by atoms with van der Waals surface area (Å²) in [5.74, 6) is 2.26. The highest BCUT2D eigenvalue weighted by Gasteiger charge is 2.12. The van der Waals surface area contributed by atoms with Crippen molar-refractivity contribution in [1.29, 1.82) is 0 Å². The number of nitrogens with one attached hydrogen (secondary N) is 1. The van der Waals surface area contributed by atoms with Gasteiger partial charge in [-0.1, -0.05) is 23.4 Å². The predicted molar refractivity (Wildman–Crippen MR) is 119 cm³/mol. The molecule has 0 fully saturated rings. The van der Waals surface area contributed by atoms with Crippen LogP contribution in [-0.4, -0.2) is 24.8 Å². The standard InChI is InChI=1S/C24H26N2O5/c1-5-29-21-9-7-6-8-20(21)25-24(27)13-11-18-10-12-22(23(14-18)28-4)30-15-19-16(2)26-31-17(19)3/h6-14H,5,15H2,1-4H3,(H,25,27)/b13-11+. The summed E-state index contributed by atoms with van der Waals surface area (Å²) in [4.78, 5) is 12.3. The van der Waals surface area contributed by atoms with Crippen LogP contribution in [0.1, 0.15) is 29.5 Å². The summed E-state index contributed by atoms with van der Waals surface area (Å²) < 4.78 is 22.0. The fourth-order valence-corrected chi connectivity index (χ4v) is 2.96. The second-order valence-corrected chi connectivity index (χ2v) is 6.75. The Kier molecular flexibility index (Phi) is 7.32. The fourth-order valence-electron chi connectivity index (χ4n) is 2.96. The molecule has 1 heterocycles. The fraction of sp³-hybridized carbons (Fsp3) is 0.250. The lowest BCUT2D eigenvalue weighted by Gasteiger charge is -2.11. The number of hydrogen-bond donors (Lipinski definition) is 1. The molecular formula is C24H26N2O5. The van der Waals surface area contributed by atoms with Crippen LogP contribution in [0.3, 0.4) is 0 Å². The summed E-state index contributed by atoms with van der Waals surface area (Å²) in [6.45, 7) is 6.47. The van der Waals surface area contributed by atoms with E-state index >= 15 is 0 Å². The third-order valence-electron chi connectivity index (χ3n) is 4.61. The van der Waals surface area contributed by atoms with E-state index in [0.717, 1.165) is 22.6 Å². The molecule has 162 valence electrons. The Hall–Kier alpha value is -3.74. The van der Waals surface area contributed by atoms with Gasteiger partial charge in [0.25, 0.3) is 0 Å². The molecule has 31 heavy (non-hydrogen) atoms. The molecule has 0 aliphatic heterocycles. The number of anilines is 1. The Labute approximate surface area is 181 Å². The first kappa shape index (κ1) is 22.0. The van der Waals surface area contributed by atoms with Gasteiger partial charge in [0.2, 0.25) is 5.91 Å². The highest BCUT2D eigenvalue weighted by molar-refractivity contribution is 6.02. The van der Waals surface area contributed by atoms with Crippen LogP contribution in [0.2, 0.25) is 0 Å². The van der Waals surface area contributed by atoms with Crippen LogP contribution >= 0.6 is 0 Å². The first-order valence-corrected chi connectivity index (χ1v) is 9.95. The van der Waals surface area contributed by atoms with Gasteiger partial charge >= 0.3 is 0 Å². The van der Waals surface area contributed by atoms with Gasteiger partial charge in [0.15, 0.2) is 11.5 Å². The zero-order valence-electron chi connectivity index (χ0n) is 18.1. The van der Waals surface area contributed by atoms with E-state index in [0.29, 0.717) is 36.1 Å². The maximum Gasteiger partial charge on any atom is 0.248 e. The second-order valence-electron chi connectivity index (χ2n) is 6.75. The molecule has 2 aromatic carbocycles. The molecule has 7 heteroatoms. The van der Waals surface area contributed by atoms with Crippen molar-refractivity contribution in [3.63, 3.8) is 0 Å². The van der Waals surface area contributed by atoms with Gasteiger partial charge in [-0.05, 0) is 56.7 Å². The quantitative estimate of drug-likeness (QED) is 0.493. The van der Waals surface area contributed by atoms with E-state index in [9.17, 15) is 4.79 Å². The number of carbonyl (C=O) groups is 1. The smallest absolute Gasteiger partial charge is 0.248 e. The number of aromatic nitrogens is 1. The van der Waals surface area contributed by atoms with Crippen molar-refractivity contribution < 1.29 is 23.5 Å². The van der Waals surface area contributed by atoms with Crippen LogP contribution in [0, 0.1) is 13.8 Å². The van der Waals surface area contributed by atoms with E-state index in [1.807, 2.05) is 45.0 Å². The molecule has 0 unspecified atom stereocenters. The van der Waals surface area contributed by atoms with Gasteiger partial charge in [-0.25, -0.2) is 0 Å². The molecule has 0 saturated carbocycles. The molecule has 1 aromatic heterocycles. The van der Waals surface area contributed by atoms with Gasteiger partial charge in [0.05, 0.1) is 30.7 Å². The normalized spacial score (nSPS) is 10.8. The molecule has 0 spiro atoms. The minimum Gasteiger partial charge on any atom is -0.493 e. The molecule has 0 aliphatic rings. The van der Waals surface area contributed by atoms with Crippen molar-refractivity contribution in [3.8, 4) is 17.2 Å². The summed E-state index contributed by atoms with van der Waals surface area (Å²) in [6, 6.07) is 12.8. The van der Waals surface area contributed by atoms with E-state index in [2.05, 4.69) is 10.5 Å². The van der Waals surface area contributed by atoms with Crippen LogP contribution in [0.4, 0.5) is 5.69 Å². The van der Waals surface area contributed by atoms with Crippen molar-refractivity contribution in [1.82, 2.24) is 5.16 Å². The average molecular weight is 422 g/mol. The molecule has 3 aromatic rings. The number of benzene rings is 2. The van der Waals surface area contributed by atoms with Gasteiger partial charge < -0.3 is 24.1 Å². The molecule has 1 N–H and O–H groups in total. The van der Waals surface area contributed by atoms with E-state index < -0.39 is 0 Å². The summed E-state index contributed by atoms with van der Waals surface area (Å²) in [5, 5.41) is 6.76. The Bertz CT molecular complexity index is 1050. The van der Waals surface area contributed by atoms with Crippen molar-refractivity contribution in [2.24, 2.45) is 0 Å². The van der Waals surface area contributed by atoms with Crippen LogP contribution < -0.4 is 19.5 Å². The van der Waals surface area contributed by atoms with Crippen LogP contribution in [0.25, 0.3) is 6.08 Å². The number of carbonyl (C=O) groups excluding carboxylic acids is 1. The number of para-hydroxylation sites is 2. The van der Waals surface area contributed by atoms with Crippen molar-refractivity contribution in [2.45, 2.75) is 27.4 Å². The monoisotopic (exact) mass is 422 g/mol. The summed E-state index contributed by atoms with van der Waals surface area (Å²) in [7, 11) is 1.57. The highest BCUT2D eigenvalue weighted by Crippen LogP contribution is 2.30. The van der Waals surface area contributed by atoms with E-state index in [1.165, 1.54) is 6.08 Å². The Balaban J connectivity index is 1.66. The van der Waals surface area contributed by atoms with Gasteiger partial charge in [-0.3, -0.25) is 4.79 Å². The number of ether oxygens (including phenoxy) is 3. The topological polar surface area (TPSA) is 82.8 Å². The van der Waals surface area contributed by atoms with Gasteiger partial charge in [-0.2, -0.15) is 0 Å². The Morgan fingerprint density at radius 1 is 1.10 bits per heavy atom. The van der Waals surface area contributed by atoms with Crippen LogP contribution in [0.5, 0.6) is 17.2 Å². The van der Waals surface area contributed by atoms with E-state index in [1.54, 1.807) is 31.4 Å². The molecular weight excluding hydrogens is 396 g/mol. The largest absolute Gasteiger partial charge is 0.493 e. The summed E-state index contributed by atoms with van der Waals surface area (Å²) >= 11 is 0. The maximum atomic E-state index is 12.3. The third kappa shape index (κ3) is 5.66. The molecule has 7 nitrogen and oxygen atoms in total. The zero-order chi connectivity index (χ0) is 22.2. The number of rotatable bonds is 9. The lowest BCUT2D eigenvalue weighted by Crippen LogP contribution is -2.09. The maximum absolute atomic E-state index is 12.3. The van der Waals surface area contributed by atoms with Crippen molar-refractivity contribution >= 4 is 17.7 Å². The van der Waals surface area contributed by atoms with Crippen molar-refractivity contribution in [2.75, 3.05) is 19.0 Å². The Morgan fingerprint density at radius 3 is 2.61 bits per heavy atom. The van der Waals surface area contributed by atoms with Gasteiger partial charge in [-0.15, -0.1) is 0 Å². The highest BCUT2D eigenvalue weighted by atomic mass is 16.5. The molecule has 0 atom stereocenters. The average Bonchev–Trinajstić information content (AvgIpc) is 3.10. The summed E-state index contributed by atoms with van der Waals surface area (Å²) in [5.41, 5.74) is 3.14. The SMILES string of the molecule is CCOc1ccccc1NC(=O)/C=C/c1ccc(OCc2c(C)noc2C)c(OC)c1. The molecule has 0 bridgehead atoms. The molecule has 1 amide bonds. The van der Waals surface area contributed by atoms with Crippen LogP contribution in [-0.2, 0) is 11.4 Å². The lowest BCUT2D eigenvalue weighted by atomic mass is 10.1. The number of hydrogen-bond acceptors (Lipinski definition) is 6. The van der Waals surface area contributed by atoms with E-state index in [4.69, 9.17) is 18.7 Å². The van der Waals surface area contributed by atoms with Gasteiger partial charge in [0.1, 0.15) is 18.1 Å². The predicted octanol–water partition coefficient (Wildman–Crippen LogP) is 4.93. The Morgan fingerprint density at radius 2 is 1.90 bits per heavy atom.